The molecule has 0 aromatic carbocycles. The van der Waals surface area contributed by atoms with Gasteiger partial charge in [-0.15, -0.1) is 0 Å². The molecule has 3 N–H and O–H groups in total. The van der Waals surface area contributed by atoms with Crippen LogP contribution in [0.15, 0.2) is 17.2 Å². The van der Waals surface area contributed by atoms with Crippen LogP contribution in [0.1, 0.15) is 50.3 Å². The lowest BCUT2D eigenvalue weighted by atomic mass is 10.1. The highest BCUT2D eigenvalue weighted by atomic mass is 35.5. The lowest BCUT2D eigenvalue weighted by Crippen LogP contribution is -2.33. The maximum absolute atomic E-state index is 12.7. The summed E-state index contributed by atoms with van der Waals surface area (Å²) >= 11 is 5.85. The van der Waals surface area contributed by atoms with E-state index in [0.717, 1.165) is 13.0 Å². The third-order valence-corrected chi connectivity index (χ3v) is 5.55. The summed E-state index contributed by atoms with van der Waals surface area (Å²) in [5, 5.41) is 4.65. The van der Waals surface area contributed by atoms with Gasteiger partial charge in [-0.05, 0) is 18.9 Å². The molecule has 2 aromatic rings. The Kier molecular flexibility index (Phi) is 4.50. The van der Waals surface area contributed by atoms with Crippen LogP contribution in [0.4, 0.5) is 5.82 Å². The number of aromatic nitrogens is 4. The van der Waals surface area contributed by atoms with Crippen molar-refractivity contribution in [1.82, 2.24) is 24.5 Å². The van der Waals surface area contributed by atoms with Crippen LogP contribution in [0.2, 0.25) is 5.02 Å². The van der Waals surface area contributed by atoms with E-state index in [1.165, 1.54) is 12.3 Å². The molecular weight excluding hydrogens is 352 g/mol. The van der Waals surface area contributed by atoms with Gasteiger partial charge in [-0.2, -0.15) is 5.10 Å². The van der Waals surface area contributed by atoms with Gasteiger partial charge >= 0.3 is 0 Å². The number of anilines is 1. The van der Waals surface area contributed by atoms with Crippen LogP contribution < -0.4 is 10.5 Å². The molecular formula is C14H19ClN6O2S. The maximum Gasteiger partial charge on any atom is 0.244 e. The summed E-state index contributed by atoms with van der Waals surface area (Å²) in [6.45, 7) is 4.73. The van der Waals surface area contributed by atoms with Gasteiger partial charge in [-0.3, -0.25) is 0 Å². The second-order valence-electron chi connectivity index (χ2n) is 6.06. The molecule has 0 saturated carbocycles. The van der Waals surface area contributed by atoms with E-state index in [0.29, 0.717) is 18.1 Å². The highest BCUT2D eigenvalue weighted by molar-refractivity contribution is 7.89. The lowest BCUT2D eigenvalue weighted by molar-refractivity contribution is 0.399. The maximum atomic E-state index is 12.7. The zero-order chi connectivity index (χ0) is 17.5. The van der Waals surface area contributed by atoms with E-state index in [2.05, 4.69) is 19.8 Å². The fourth-order valence-electron chi connectivity index (χ4n) is 2.62. The van der Waals surface area contributed by atoms with Crippen molar-refractivity contribution in [2.45, 2.75) is 50.1 Å². The Morgan fingerprint density at radius 2 is 2.21 bits per heavy atom. The molecule has 0 spiro atoms. The zero-order valence-electron chi connectivity index (χ0n) is 13.4. The number of fused-ring (bicyclic) bond motifs is 1. The number of nitrogen functional groups attached to an aromatic ring is 1. The second kappa shape index (κ2) is 6.30. The minimum Gasteiger partial charge on any atom is -0.383 e. The lowest BCUT2D eigenvalue weighted by Gasteiger charge is -2.23. The van der Waals surface area contributed by atoms with E-state index in [-0.39, 0.29) is 21.7 Å². The number of aryl methyl sites for hydroxylation is 1. The van der Waals surface area contributed by atoms with Gasteiger partial charge in [0, 0.05) is 18.7 Å². The number of halogens is 1. The van der Waals surface area contributed by atoms with Gasteiger partial charge in [0.05, 0.1) is 11.1 Å². The summed E-state index contributed by atoms with van der Waals surface area (Å²) < 4.78 is 29.8. The van der Waals surface area contributed by atoms with Crippen LogP contribution in [0, 0.1) is 0 Å². The third-order valence-electron chi connectivity index (χ3n) is 3.84. The quantitative estimate of drug-likeness (QED) is 0.848. The Morgan fingerprint density at radius 1 is 1.46 bits per heavy atom. The molecule has 0 saturated heterocycles. The van der Waals surface area contributed by atoms with Gasteiger partial charge in [-0.25, -0.2) is 27.8 Å². The van der Waals surface area contributed by atoms with Crippen LogP contribution in [0.5, 0.6) is 0 Å². The number of sulfonamides is 1. The third kappa shape index (κ3) is 3.24. The topological polar surface area (TPSA) is 116 Å². The standard InChI is InChI=1S/C14H19ClN6O2S/c1-8(2)13-18-14-10(4-3-5-21(14)19-13)20-24(22,23)11-6-9(15)7-17-12(11)16/h6-8,10,20H,3-5H2,1-2H3,(H2,16,17). The Labute approximate surface area is 145 Å². The van der Waals surface area contributed by atoms with E-state index in [1.807, 2.05) is 13.8 Å². The summed E-state index contributed by atoms with van der Waals surface area (Å²) in [6, 6.07) is 0.835. The average Bonchev–Trinajstić information content (AvgIpc) is 2.95. The SMILES string of the molecule is CC(C)c1nc2n(n1)CCCC2NS(=O)(=O)c1cc(Cl)cnc1N. The molecule has 1 aliphatic heterocycles. The smallest absolute Gasteiger partial charge is 0.244 e. The minimum absolute atomic E-state index is 0.0907. The number of nitrogens with zero attached hydrogens (tertiary/aromatic N) is 4. The molecule has 0 radical (unpaired) electrons. The van der Waals surface area contributed by atoms with Gasteiger partial charge in [-0.1, -0.05) is 25.4 Å². The second-order valence-corrected chi connectivity index (χ2v) is 8.18. The highest BCUT2D eigenvalue weighted by Gasteiger charge is 2.30. The zero-order valence-corrected chi connectivity index (χ0v) is 15.0. The van der Waals surface area contributed by atoms with Gasteiger partial charge in [0.1, 0.15) is 16.5 Å². The molecule has 2 aromatic heterocycles. The number of hydrogen-bond acceptors (Lipinski definition) is 6. The molecule has 1 unspecified atom stereocenters. The van der Waals surface area contributed by atoms with Crippen molar-refractivity contribution in [1.29, 1.82) is 0 Å². The minimum atomic E-state index is -3.87. The molecule has 130 valence electrons. The Hall–Kier alpha value is -1.71. The van der Waals surface area contributed by atoms with Gasteiger partial charge in [0.15, 0.2) is 5.82 Å². The molecule has 3 rings (SSSR count). The van der Waals surface area contributed by atoms with Crippen LogP contribution in [0.25, 0.3) is 0 Å². The molecule has 1 atom stereocenters. The number of pyridine rings is 1. The van der Waals surface area contributed by atoms with Gasteiger partial charge in [0.2, 0.25) is 10.0 Å². The largest absolute Gasteiger partial charge is 0.383 e. The molecule has 0 aliphatic carbocycles. The summed E-state index contributed by atoms with van der Waals surface area (Å²) in [4.78, 5) is 8.18. The highest BCUT2D eigenvalue weighted by Crippen LogP contribution is 2.28. The van der Waals surface area contributed by atoms with Crippen molar-refractivity contribution < 1.29 is 8.42 Å². The molecule has 0 amide bonds. The van der Waals surface area contributed by atoms with E-state index < -0.39 is 16.1 Å². The summed E-state index contributed by atoms with van der Waals surface area (Å²) in [5.41, 5.74) is 5.70. The first-order valence-corrected chi connectivity index (χ1v) is 9.52. The van der Waals surface area contributed by atoms with Crippen molar-refractivity contribution in [3.63, 3.8) is 0 Å². The molecule has 24 heavy (non-hydrogen) atoms. The van der Waals surface area contributed by atoms with Crippen LogP contribution in [-0.4, -0.2) is 28.2 Å². The molecule has 0 fully saturated rings. The van der Waals surface area contributed by atoms with Crippen molar-refractivity contribution in [2.75, 3.05) is 5.73 Å². The van der Waals surface area contributed by atoms with Gasteiger partial charge < -0.3 is 5.73 Å². The molecule has 3 heterocycles. The summed E-state index contributed by atoms with van der Waals surface area (Å²) in [5.74, 6) is 1.42. The molecule has 0 bridgehead atoms. The number of nitrogens with two attached hydrogens (primary N) is 1. The first kappa shape index (κ1) is 17.1. The van der Waals surface area contributed by atoms with Gasteiger partial charge in [0.25, 0.3) is 0 Å². The number of nitrogens with one attached hydrogen (secondary N) is 1. The fraction of sp³-hybridized carbons (Fsp3) is 0.500. The van der Waals surface area contributed by atoms with E-state index in [4.69, 9.17) is 17.3 Å². The molecule has 1 aliphatic rings. The van der Waals surface area contributed by atoms with Crippen LogP contribution in [0.3, 0.4) is 0 Å². The van der Waals surface area contributed by atoms with Crippen LogP contribution in [-0.2, 0) is 16.6 Å². The summed E-state index contributed by atoms with van der Waals surface area (Å²) in [6.07, 6.45) is 2.76. The average molecular weight is 371 g/mol. The van der Waals surface area contributed by atoms with E-state index >= 15 is 0 Å². The number of rotatable bonds is 4. The van der Waals surface area contributed by atoms with Crippen LogP contribution >= 0.6 is 11.6 Å². The Balaban J connectivity index is 1.93. The van der Waals surface area contributed by atoms with E-state index in [9.17, 15) is 8.42 Å². The van der Waals surface area contributed by atoms with Crippen molar-refractivity contribution in [2.24, 2.45) is 0 Å². The first-order chi connectivity index (χ1) is 11.3. The van der Waals surface area contributed by atoms with E-state index in [1.54, 1.807) is 4.68 Å². The number of hydrogen-bond donors (Lipinski definition) is 2. The molecule has 10 heteroatoms. The summed E-state index contributed by atoms with van der Waals surface area (Å²) in [7, 11) is -3.87. The monoisotopic (exact) mass is 370 g/mol. The Bertz CT molecular complexity index is 864. The van der Waals surface area contributed by atoms with Crippen molar-refractivity contribution in [3.8, 4) is 0 Å². The van der Waals surface area contributed by atoms with Crippen molar-refractivity contribution >= 4 is 27.4 Å². The normalized spacial score (nSPS) is 17.9. The van der Waals surface area contributed by atoms with Crippen molar-refractivity contribution in [3.05, 3.63) is 28.9 Å². The Morgan fingerprint density at radius 3 is 2.92 bits per heavy atom. The molecule has 8 nitrogen and oxygen atoms in total. The first-order valence-electron chi connectivity index (χ1n) is 7.66. The fourth-order valence-corrected chi connectivity index (χ4v) is 4.18. The predicted molar refractivity (Wildman–Crippen MR) is 90.1 cm³/mol. The predicted octanol–water partition coefficient (Wildman–Crippen LogP) is 1.85.